The number of amides is 1. The summed E-state index contributed by atoms with van der Waals surface area (Å²) >= 11 is 11.8. The van der Waals surface area contributed by atoms with E-state index in [-0.39, 0.29) is 5.02 Å². The van der Waals surface area contributed by atoms with Gasteiger partial charge in [-0.3, -0.25) is 9.78 Å². The van der Waals surface area contributed by atoms with Gasteiger partial charge in [0.1, 0.15) is 0 Å². The molecule has 1 N–H and O–H groups in total. The number of hydrogen-bond acceptors (Lipinski definition) is 4. The lowest BCUT2D eigenvalue weighted by atomic mass is 10.2. The van der Waals surface area contributed by atoms with Crippen molar-refractivity contribution >= 4 is 40.8 Å². The number of ether oxygens (including phenoxy) is 1. The largest absolute Gasteiger partial charge is 0.449 e. The van der Waals surface area contributed by atoms with Crippen LogP contribution in [0.3, 0.4) is 0 Å². The van der Waals surface area contributed by atoms with Crippen LogP contribution in [-0.4, -0.2) is 23.0 Å². The fraction of sp³-hybridized carbons (Fsp3) is 0.133. The van der Waals surface area contributed by atoms with E-state index in [0.717, 1.165) is 0 Å². The third-order valence-electron chi connectivity index (χ3n) is 2.78. The van der Waals surface area contributed by atoms with Crippen LogP contribution in [0.2, 0.25) is 10.0 Å². The molecule has 2 rings (SSSR count). The van der Waals surface area contributed by atoms with Crippen molar-refractivity contribution in [3.05, 3.63) is 58.3 Å². The molecule has 1 amide bonds. The normalized spacial score (nSPS) is 11.6. The Kier molecular flexibility index (Phi) is 5.35. The summed E-state index contributed by atoms with van der Waals surface area (Å²) in [6.07, 6.45) is 1.94. The SMILES string of the molecule is CC(OC(=O)c1ccncc1)C(=O)Nc1cccc(Cl)c1Cl. The summed E-state index contributed by atoms with van der Waals surface area (Å²) in [6, 6.07) is 7.86. The number of anilines is 1. The maximum Gasteiger partial charge on any atom is 0.339 e. The third kappa shape index (κ3) is 3.96. The lowest BCUT2D eigenvalue weighted by Gasteiger charge is -2.14. The number of rotatable bonds is 4. The molecule has 0 saturated carbocycles. The van der Waals surface area contributed by atoms with Crippen molar-refractivity contribution in [1.29, 1.82) is 0 Å². The molecule has 0 bridgehead atoms. The van der Waals surface area contributed by atoms with Crippen molar-refractivity contribution in [3.63, 3.8) is 0 Å². The van der Waals surface area contributed by atoms with Gasteiger partial charge in [0.25, 0.3) is 5.91 Å². The topological polar surface area (TPSA) is 68.3 Å². The number of nitrogens with one attached hydrogen (secondary N) is 1. The molecule has 0 aliphatic rings. The first-order valence-corrected chi connectivity index (χ1v) is 7.10. The average molecular weight is 339 g/mol. The van der Waals surface area contributed by atoms with Gasteiger partial charge in [-0.15, -0.1) is 0 Å². The van der Waals surface area contributed by atoms with Crippen LogP contribution in [-0.2, 0) is 9.53 Å². The quantitative estimate of drug-likeness (QED) is 0.865. The minimum atomic E-state index is -0.990. The fourth-order valence-electron chi connectivity index (χ4n) is 1.60. The van der Waals surface area contributed by atoms with E-state index in [4.69, 9.17) is 27.9 Å². The molecule has 22 heavy (non-hydrogen) atoms. The van der Waals surface area contributed by atoms with Crippen molar-refractivity contribution in [2.45, 2.75) is 13.0 Å². The smallest absolute Gasteiger partial charge is 0.339 e. The van der Waals surface area contributed by atoms with Gasteiger partial charge in [-0.2, -0.15) is 0 Å². The second kappa shape index (κ2) is 7.24. The first-order chi connectivity index (χ1) is 10.5. The van der Waals surface area contributed by atoms with E-state index in [1.807, 2.05) is 0 Å². The van der Waals surface area contributed by atoms with E-state index in [9.17, 15) is 9.59 Å². The Labute approximate surface area is 137 Å². The van der Waals surface area contributed by atoms with Crippen molar-refractivity contribution in [2.75, 3.05) is 5.32 Å². The molecular weight excluding hydrogens is 327 g/mol. The van der Waals surface area contributed by atoms with Crippen LogP contribution in [0.5, 0.6) is 0 Å². The maximum absolute atomic E-state index is 12.0. The van der Waals surface area contributed by atoms with Crippen LogP contribution in [0.25, 0.3) is 0 Å². The highest BCUT2D eigenvalue weighted by atomic mass is 35.5. The molecule has 1 aromatic carbocycles. The number of carbonyl (C=O) groups excluding carboxylic acids is 2. The molecule has 0 aliphatic heterocycles. The zero-order valence-electron chi connectivity index (χ0n) is 11.5. The summed E-state index contributed by atoms with van der Waals surface area (Å²) in [5.41, 5.74) is 0.668. The number of benzene rings is 1. The summed E-state index contributed by atoms with van der Waals surface area (Å²) in [5.74, 6) is -1.12. The van der Waals surface area contributed by atoms with Crippen molar-refractivity contribution < 1.29 is 14.3 Å². The number of pyridine rings is 1. The van der Waals surface area contributed by atoms with Gasteiger partial charge in [0, 0.05) is 12.4 Å². The maximum atomic E-state index is 12.0. The molecule has 2 aromatic rings. The molecule has 1 aromatic heterocycles. The van der Waals surface area contributed by atoms with Crippen LogP contribution >= 0.6 is 23.2 Å². The summed E-state index contributed by atoms with van der Waals surface area (Å²) < 4.78 is 5.09. The van der Waals surface area contributed by atoms with Gasteiger partial charge in [-0.25, -0.2) is 4.79 Å². The zero-order valence-corrected chi connectivity index (χ0v) is 13.1. The molecule has 5 nitrogen and oxygen atoms in total. The van der Waals surface area contributed by atoms with Gasteiger partial charge in [-0.1, -0.05) is 29.3 Å². The highest BCUT2D eigenvalue weighted by molar-refractivity contribution is 6.44. The molecular formula is C15H12Cl2N2O3. The summed E-state index contributed by atoms with van der Waals surface area (Å²) in [4.78, 5) is 27.7. The van der Waals surface area contributed by atoms with E-state index in [2.05, 4.69) is 10.3 Å². The van der Waals surface area contributed by atoms with Crippen LogP contribution in [0.15, 0.2) is 42.7 Å². The first kappa shape index (κ1) is 16.3. The lowest BCUT2D eigenvalue weighted by molar-refractivity contribution is -0.123. The van der Waals surface area contributed by atoms with Crippen LogP contribution < -0.4 is 5.32 Å². The number of halogens is 2. The van der Waals surface area contributed by atoms with Crippen LogP contribution in [0.1, 0.15) is 17.3 Å². The standard InChI is InChI=1S/C15H12Cl2N2O3/c1-9(22-15(21)10-5-7-18-8-6-10)14(20)19-12-4-2-3-11(16)13(12)17/h2-9H,1H3,(H,19,20). The first-order valence-electron chi connectivity index (χ1n) is 6.35. The predicted octanol–water partition coefficient (Wildman–Crippen LogP) is 3.57. The molecule has 114 valence electrons. The molecule has 1 heterocycles. The Morgan fingerprint density at radius 3 is 2.55 bits per heavy atom. The van der Waals surface area contributed by atoms with Crippen LogP contribution in [0, 0.1) is 0 Å². The Bertz CT molecular complexity index is 692. The van der Waals surface area contributed by atoms with Crippen LogP contribution in [0.4, 0.5) is 5.69 Å². The van der Waals surface area contributed by atoms with Crippen molar-refractivity contribution in [3.8, 4) is 0 Å². The predicted molar refractivity (Wildman–Crippen MR) is 84.2 cm³/mol. The second-order valence-electron chi connectivity index (χ2n) is 4.37. The molecule has 0 spiro atoms. The molecule has 1 unspecified atom stereocenters. The average Bonchev–Trinajstić information content (AvgIpc) is 2.52. The molecule has 1 atom stereocenters. The van der Waals surface area contributed by atoms with Gasteiger partial charge >= 0.3 is 5.97 Å². The highest BCUT2D eigenvalue weighted by Crippen LogP contribution is 2.29. The van der Waals surface area contributed by atoms with Gasteiger partial charge in [-0.05, 0) is 31.2 Å². The lowest BCUT2D eigenvalue weighted by Crippen LogP contribution is -2.30. The Morgan fingerprint density at radius 2 is 1.86 bits per heavy atom. The molecule has 0 fully saturated rings. The molecule has 0 saturated heterocycles. The molecule has 0 radical (unpaired) electrons. The van der Waals surface area contributed by atoms with E-state index in [1.54, 1.807) is 18.2 Å². The van der Waals surface area contributed by atoms with Crippen molar-refractivity contribution in [1.82, 2.24) is 4.98 Å². The Balaban J connectivity index is 2.01. The van der Waals surface area contributed by atoms with Gasteiger partial charge < -0.3 is 10.1 Å². The number of carbonyl (C=O) groups is 2. The van der Waals surface area contributed by atoms with Gasteiger partial charge in [0.2, 0.25) is 0 Å². The van der Waals surface area contributed by atoms with Crippen molar-refractivity contribution in [2.24, 2.45) is 0 Å². The minimum Gasteiger partial charge on any atom is -0.449 e. The van der Waals surface area contributed by atoms with E-state index >= 15 is 0 Å². The summed E-state index contributed by atoms with van der Waals surface area (Å²) in [5, 5.41) is 3.11. The third-order valence-corrected chi connectivity index (χ3v) is 3.60. The Hall–Kier alpha value is -2.11. The fourth-order valence-corrected chi connectivity index (χ4v) is 1.95. The molecule has 0 aliphatic carbocycles. The van der Waals surface area contributed by atoms with E-state index in [1.165, 1.54) is 31.5 Å². The molecule has 7 heteroatoms. The summed E-state index contributed by atoms with van der Waals surface area (Å²) in [6.45, 7) is 1.47. The Morgan fingerprint density at radius 1 is 1.18 bits per heavy atom. The second-order valence-corrected chi connectivity index (χ2v) is 5.16. The number of aromatic nitrogens is 1. The van der Waals surface area contributed by atoms with Gasteiger partial charge in [0.05, 0.1) is 21.3 Å². The van der Waals surface area contributed by atoms with E-state index in [0.29, 0.717) is 16.3 Å². The minimum absolute atomic E-state index is 0.227. The van der Waals surface area contributed by atoms with E-state index < -0.39 is 18.0 Å². The van der Waals surface area contributed by atoms with Gasteiger partial charge in [0.15, 0.2) is 6.10 Å². The zero-order chi connectivity index (χ0) is 16.1. The monoisotopic (exact) mass is 338 g/mol. The highest BCUT2D eigenvalue weighted by Gasteiger charge is 2.20. The summed E-state index contributed by atoms with van der Waals surface area (Å²) in [7, 11) is 0. The number of esters is 1. The number of hydrogen-bond donors (Lipinski definition) is 1. The number of nitrogens with zero attached hydrogens (tertiary/aromatic N) is 1.